The molecule has 2 rings (SSSR count). The Kier molecular flexibility index (Phi) is 11.0. The highest BCUT2D eigenvalue weighted by Gasteiger charge is 2.17. The van der Waals surface area contributed by atoms with Crippen molar-refractivity contribution in [1.29, 1.82) is 0 Å². The van der Waals surface area contributed by atoms with Gasteiger partial charge in [0, 0.05) is 56.1 Å². The first kappa shape index (κ1) is 22.7. The molecule has 0 bridgehead atoms. The van der Waals surface area contributed by atoms with Crippen LogP contribution in [-0.2, 0) is 6.54 Å². The van der Waals surface area contributed by atoms with Gasteiger partial charge in [-0.3, -0.25) is 4.99 Å². The summed E-state index contributed by atoms with van der Waals surface area (Å²) < 4.78 is 0. The van der Waals surface area contributed by atoms with Gasteiger partial charge in [-0.15, -0.1) is 35.3 Å². The molecule has 2 N–H and O–H groups in total. The normalized spacial score (nSPS) is 17.8. The lowest BCUT2D eigenvalue weighted by molar-refractivity contribution is 0.124. The van der Waals surface area contributed by atoms with Crippen molar-refractivity contribution >= 4 is 41.3 Å². The number of guanidine groups is 1. The third-order valence-electron chi connectivity index (χ3n) is 4.55. The van der Waals surface area contributed by atoms with Crippen LogP contribution in [0.4, 0.5) is 0 Å². The monoisotopic (exact) mass is 479 g/mol. The molecule has 2 heterocycles. The first-order valence-corrected chi connectivity index (χ1v) is 9.87. The summed E-state index contributed by atoms with van der Waals surface area (Å²) in [4.78, 5) is 12.1. The van der Waals surface area contributed by atoms with E-state index >= 15 is 0 Å². The average Bonchev–Trinajstić information content (AvgIpc) is 3.01. The van der Waals surface area contributed by atoms with Gasteiger partial charge in [0.25, 0.3) is 0 Å². The van der Waals surface area contributed by atoms with Gasteiger partial charge in [0.15, 0.2) is 5.96 Å². The number of hydrogen-bond acceptors (Lipinski definition) is 4. The Morgan fingerprint density at radius 3 is 2.44 bits per heavy atom. The molecule has 7 heteroatoms. The first-order valence-electron chi connectivity index (χ1n) is 9.05. The topological polar surface area (TPSA) is 42.9 Å². The van der Waals surface area contributed by atoms with Gasteiger partial charge in [0.1, 0.15) is 0 Å². The minimum Gasteiger partial charge on any atom is -0.356 e. The van der Waals surface area contributed by atoms with Crippen molar-refractivity contribution in [2.75, 3.05) is 52.9 Å². The summed E-state index contributed by atoms with van der Waals surface area (Å²) in [6, 6.07) is 4.34. The SMILES string of the molecule is CCN1CCN(CC(C)CNC(=NC)NCc2ccc(C)s2)CC1.I. The van der Waals surface area contributed by atoms with E-state index in [0.717, 1.165) is 25.6 Å². The van der Waals surface area contributed by atoms with E-state index in [1.165, 1.54) is 42.5 Å². The zero-order valence-electron chi connectivity index (χ0n) is 16.0. The minimum atomic E-state index is 0. The molecule has 1 aliphatic heterocycles. The minimum absolute atomic E-state index is 0. The number of aryl methyl sites for hydroxylation is 1. The van der Waals surface area contributed by atoms with Crippen molar-refractivity contribution < 1.29 is 0 Å². The molecule has 0 spiro atoms. The zero-order chi connectivity index (χ0) is 17.4. The van der Waals surface area contributed by atoms with Gasteiger partial charge in [-0.05, 0) is 31.5 Å². The molecule has 5 nitrogen and oxygen atoms in total. The van der Waals surface area contributed by atoms with Crippen molar-refractivity contribution in [1.82, 2.24) is 20.4 Å². The highest BCUT2D eigenvalue weighted by Crippen LogP contribution is 2.14. The molecule has 1 aliphatic rings. The highest BCUT2D eigenvalue weighted by atomic mass is 127. The molecule has 1 unspecified atom stereocenters. The number of nitrogens with one attached hydrogen (secondary N) is 2. The van der Waals surface area contributed by atoms with Crippen molar-refractivity contribution in [2.24, 2.45) is 10.9 Å². The maximum Gasteiger partial charge on any atom is 0.191 e. The lowest BCUT2D eigenvalue weighted by Crippen LogP contribution is -2.48. The van der Waals surface area contributed by atoms with E-state index in [1.54, 1.807) is 0 Å². The Morgan fingerprint density at radius 2 is 1.88 bits per heavy atom. The van der Waals surface area contributed by atoms with Crippen LogP contribution in [0.3, 0.4) is 0 Å². The summed E-state index contributed by atoms with van der Waals surface area (Å²) in [6.07, 6.45) is 0. The second kappa shape index (κ2) is 12.1. The molecule has 1 aromatic rings. The molecular weight excluding hydrogens is 445 g/mol. The molecule has 0 amide bonds. The Balaban J connectivity index is 0.00000312. The van der Waals surface area contributed by atoms with Crippen molar-refractivity contribution in [3.8, 4) is 0 Å². The van der Waals surface area contributed by atoms with Gasteiger partial charge in [0.2, 0.25) is 0 Å². The summed E-state index contributed by atoms with van der Waals surface area (Å²) >= 11 is 1.83. The number of halogens is 1. The standard InChI is InChI=1S/C18H33N5S.HI/c1-5-22-8-10-23(11-9-22)14-15(2)12-20-18(19-4)21-13-17-7-6-16(3)24-17;/h6-7,15H,5,8-14H2,1-4H3,(H2,19,20,21);1H. The summed E-state index contributed by atoms with van der Waals surface area (Å²) in [5.74, 6) is 1.50. The number of likely N-dealkylation sites (N-methyl/N-ethyl adjacent to an activating group) is 1. The largest absolute Gasteiger partial charge is 0.356 e. The van der Waals surface area contributed by atoms with E-state index in [9.17, 15) is 0 Å². The molecule has 0 radical (unpaired) electrons. The van der Waals surface area contributed by atoms with Crippen molar-refractivity contribution in [3.63, 3.8) is 0 Å². The van der Waals surface area contributed by atoms with Gasteiger partial charge in [0.05, 0.1) is 6.54 Å². The lowest BCUT2D eigenvalue weighted by atomic mass is 10.1. The van der Waals surface area contributed by atoms with Crippen molar-refractivity contribution in [3.05, 3.63) is 21.9 Å². The third kappa shape index (κ3) is 8.23. The van der Waals surface area contributed by atoms with Crippen LogP contribution < -0.4 is 10.6 Å². The third-order valence-corrected chi connectivity index (χ3v) is 5.55. The van der Waals surface area contributed by atoms with Crippen LogP contribution in [0, 0.1) is 12.8 Å². The fourth-order valence-corrected chi connectivity index (χ4v) is 3.87. The van der Waals surface area contributed by atoms with Crippen molar-refractivity contribution in [2.45, 2.75) is 27.3 Å². The number of hydrogen-bond donors (Lipinski definition) is 2. The van der Waals surface area contributed by atoms with E-state index in [2.05, 4.69) is 58.3 Å². The molecule has 1 atom stereocenters. The molecule has 25 heavy (non-hydrogen) atoms. The molecule has 0 aromatic carbocycles. The molecule has 0 saturated carbocycles. The molecule has 1 aromatic heterocycles. The maximum absolute atomic E-state index is 4.33. The highest BCUT2D eigenvalue weighted by molar-refractivity contribution is 14.0. The van der Waals surface area contributed by atoms with Crippen LogP contribution in [0.5, 0.6) is 0 Å². The van der Waals surface area contributed by atoms with E-state index in [4.69, 9.17) is 0 Å². The predicted octanol–water partition coefficient (Wildman–Crippen LogP) is 2.61. The zero-order valence-corrected chi connectivity index (χ0v) is 19.2. The van der Waals surface area contributed by atoms with Crippen LogP contribution >= 0.6 is 35.3 Å². The van der Waals surface area contributed by atoms with Crippen LogP contribution in [0.1, 0.15) is 23.6 Å². The molecule has 1 saturated heterocycles. The average molecular weight is 479 g/mol. The number of aliphatic imine (C=N–C) groups is 1. The quantitative estimate of drug-likeness (QED) is 0.359. The van der Waals surface area contributed by atoms with Gasteiger partial charge >= 0.3 is 0 Å². The van der Waals surface area contributed by atoms with E-state index in [1.807, 2.05) is 18.4 Å². The number of piperazine rings is 1. The molecule has 0 aliphatic carbocycles. The Bertz CT molecular complexity index is 511. The van der Waals surface area contributed by atoms with Gasteiger partial charge in [-0.25, -0.2) is 0 Å². The molecule has 1 fully saturated rings. The number of rotatable bonds is 7. The summed E-state index contributed by atoms with van der Waals surface area (Å²) in [6.45, 7) is 15.6. The summed E-state index contributed by atoms with van der Waals surface area (Å²) in [5.41, 5.74) is 0. The first-order chi connectivity index (χ1) is 11.6. The van der Waals surface area contributed by atoms with Gasteiger partial charge in [-0.2, -0.15) is 0 Å². The van der Waals surface area contributed by atoms with E-state index in [0.29, 0.717) is 5.92 Å². The maximum atomic E-state index is 4.33. The molecule has 144 valence electrons. The molecular formula is C18H34IN5S. The predicted molar refractivity (Wildman–Crippen MR) is 120 cm³/mol. The summed E-state index contributed by atoms with van der Waals surface area (Å²) in [5, 5.41) is 6.86. The smallest absolute Gasteiger partial charge is 0.191 e. The Morgan fingerprint density at radius 1 is 1.20 bits per heavy atom. The number of nitrogens with zero attached hydrogens (tertiary/aromatic N) is 3. The van der Waals surface area contributed by atoms with Crippen LogP contribution in [0.2, 0.25) is 0 Å². The number of thiophene rings is 1. The second-order valence-electron chi connectivity index (χ2n) is 6.66. The summed E-state index contributed by atoms with van der Waals surface area (Å²) in [7, 11) is 1.84. The van der Waals surface area contributed by atoms with Crippen LogP contribution in [-0.4, -0.2) is 68.6 Å². The lowest BCUT2D eigenvalue weighted by Gasteiger charge is -2.35. The van der Waals surface area contributed by atoms with E-state index in [-0.39, 0.29) is 24.0 Å². The Hall–Kier alpha value is -0.380. The second-order valence-corrected chi connectivity index (χ2v) is 8.03. The fraction of sp³-hybridized carbons (Fsp3) is 0.722. The van der Waals surface area contributed by atoms with Gasteiger partial charge in [-0.1, -0.05) is 13.8 Å². The van der Waals surface area contributed by atoms with Crippen LogP contribution in [0.25, 0.3) is 0 Å². The fourth-order valence-electron chi connectivity index (χ4n) is 3.04. The van der Waals surface area contributed by atoms with Gasteiger partial charge < -0.3 is 20.4 Å². The Labute approximate surface area is 174 Å². The van der Waals surface area contributed by atoms with Crippen LogP contribution in [0.15, 0.2) is 17.1 Å². The van der Waals surface area contributed by atoms with E-state index < -0.39 is 0 Å².